The zero-order chi connectivity index (χ0) is 23.2. The maximum atomic E-state index is 13.4. The third kappa shape index (κ3) is 3.31. The van der Waals surface area contributed by atoms with Gasteiger partial charge in [0.15, 0.2) is 28.8 Å². The molecular weight excluding hydrogens is 420 g/mol. The zero-order valence-corrected chi connectivity index (χ0v) is 16.2. The number of carbonyl (C=O) groups is 1. The van der Waals surface area contributed by atoms with Gasteiger partial charge in [0.1, 0.15) is 22.5 Å². The third-order valence-electron chi connectivity index (χ3n) is 5.06. The first-order valence-corrected chi connectivity index (χ1v) is 9.24. The van der Waals surface area contributed by atoms with Gasteiger partial charge in [0.25, 0.3) is 0 Å². The number of phenolic OH excluding ortho intramolecular Hbond substituents is 5. The van der Waals surface area contributed by atoms with Crippen molar-refractivity contribution in [2.75, 3.05) is 0 Å². The first kappa shape index (κ1) is 20.6. The highest BCUT2D eigenvalue weighted by molar-refractivity contribution is 6.05. The van der Waals surface area contributed by atoms with E-state index in [1.54, 1.807) is 0 Å². The van der Waals surface area contributed by atoms with E-state index >= 15 is 0 Å². The van der Waals surface area contributed by atoms with Crippen LogP contribution in [0.2, 0.25) is 0 Å². The minimum absolute atomic E-state index is 0.00948. The van der Waals surface area contributed by atoms with E-state index in [2.05, 4.69) is 0 Å². The summed E-state index contributed by atoms with van der Waals surface area (Å²) in [5.74, 6) is -5.59. The molecule has 9 heteroatoms. The lowest BCUT2D eigenvalue weighted by atomic mass is 9.84. The second-order valence-electron chi connectivity index (χ2n) is 7.05. The third-order valence-corrected chi connectivity index (χ3v) is 5.06. The Morgan fingerprint density at radius 2 is 1.41 bits per heavy atom. The molecule has 4 aromatic rings. The summed E-state index contributed by atoms with van der Waals surface area (Å²) >= 11 is 0. The van der Waals surface area contributed by atoms with Crippen LogP contribution in [-0.4, -0.2) is 36.4 Å². The summed E-state index contributed by atoms with van der Waals surface area (Å²) < 4.78 is 5.21. The van der Waals surface area contributed by atoms with Gasteiger partial charge in [-0.2, -0.15) is 0 Å². The van der Waals surface area contributed by atoms with Crippen LogP contribution in [0.4, 0.5) is 0 Å². The normalized spacial score (nSPS) is 12.0. The Morgan fingerprint density at radius 1 is 0.750 bits per heavy atom. The summed E-state index contributed by atoms with van der Waals surface area (Å²) in [7, 11) is 0. The number of phenols is 5. The molecule has 0 radical (unpaired) electrons. The minimum atomic E-state index is -1.56. The summed E-state index contributed by atoms with van der Waals surface area (Å²) in [4.78, 5) is 26.3. The zero-order valence-electron chi connectivity index (χ0n) is 16.2. The molecule has 1 atom stereocenters. The van der Waals surface area contributed by atoms with Crippen molar-refractivity contribution in [1.29, 1.82) is 0 Å². The summed E-state index contributed by atoms with van der Waals surface area (Å²) in [6, 6.07) is 10.6. The number of Topliss-reactive ketones (excluding diaryl/α,β-unsaturated/α-hetero) is 1. The van der Waals surface area contributed by atoms with Gasteiger partial charge in [-0.1, -0.05) is 12.1 Å². The Labute approximate surface area is 179 Å². The minimum Gasteiger partial charge on any atom is -0.507 e. The molecule has 0 aliphatic rings. The number of fused-ring (bicyclic) bond motifs is 1. The van der Waals surface area contributed by atoms with Crippen molar-refractivity contribution in [3.8, 4) is 34.5 Å². The molecule has 162 valence electrons. The highest BCUT2D eigenvalue weighted by Crippen LogP contribution is 2.41. The first-order chi connectivity index (χ1) is 15.2. The lowest BCUT2D eigenvalue weighted by Gasteiger charge is -2.19. The van der Waals surface area contributed by atoms with Crippen molar-refractivity contribution in [3.05, 3.63) is 81.7 Å². The van der Waals surface area contributed by atoms with Gasteiger partial charge in [0.2, 0.25) is 0 Å². The topological polar surface area (TPSA) is 169 Å². The quantitative estimate of drug-likeness (QED) is 0.160. The number of hydrogen-bond acceptors (Lipinski definition) is 9. The van der Waals surface area contributed by atoms with Crippen molar-refractivity contribution >= 4 is 16.8 Å². The summed E-state index contributed by atoms with van der Waals surface area (Å²) in [6.45, 7) is 0. The maximum absolute atomic E-state index is 13.4. The number of benzene rings is 3. The van der Waals surface area contributed by atoms with Crippen molar-refractivity contribution in [3.63, 3.8) is 0 Å². The second-order valence-corrected chi connectivity index (χ2v) is 7.05. The second kappa shape index (κ2) is 7.55. The predicted octanol–water partition coefficient (Wildman–Crippen LogP) is 3.04. The molecule has 1 unspecified atom stereocenters. The molecular formula is C23H16O9. The molecule has 9 nitrogen and oxygen atoms in total. The molecule has 1 heterocycles. The Morgan fingerprint density at radius 3 is 2.06 bits per heavy atom. The van der Waals surface area contributed by atoms with E-state index in [-0.39, 0.29) is 22.1 Å². The molecule has 0 spiro atoms. The average Bonchev–Trinajstić information content (AvgIpc) is 2.74. The van der Waals surface area contributed by atoms with Crippen LogP contribution in [-0.2, 0) is 0 Å². The number of aromatic hydroxyl groups is 6. The molecule has 0 aliphatic carbocycles. The van der Waals surface area contributed by atoms with E-state index in [1.807, 2.05) is 0 Å². The number of rotatable bonds is 4. The van der Waals surface area contributed by atoms with Gasteiger partial charge in [-0.3, -0.25) is 4.79 Å². The van der Waals surface area contributed by atoms with Crippen molar-refractivity contribution in [1.82, 2.24) is 0 Å². The molecule has 3 aromatic carbocycles. The van der Waals surface area contributed by atoms with Crippen LogP contribution < -0.4 is 5.63 Å². The monoisotopic (exact) mass is 436 g/mol. The van der Waals surface area contributed by atoms with Crippen LogP contribution in [0, 0.1) is 0 Å². The standard InChI is InChI=1S/C23H16O9/c24-12-6-4-10(8-15(12)27)18(21(29)11-5-7-13(25)16(28)9-11)20-22(30)19-14(26)2-1-3-17(19)32-23(20)31/h1-9,18,24-28,30H. The largest absolute Gasteiger partial charge is 0.507 e. The number of ketones is 1. The smallest absolute Gasteiger partial charge is 0.344 e. The van der Waals surface area contributed by atoms with Crippen molar-refractivity contribution in [2.24, 2.45) is 0 Å². The summed E-state index contributed by atoms with van der Waals surface area (Å²) in [5.41, 5.74) is -1.83. The maximum Gasteiger partial charge on any atom is 0.344 e. The molecule has 6 N–H and O–H groups in total. The van der Waals surface area contributed by atoms with Crippen molar-refractivity contribution in [2.45, 2.75) is 5.92 Å². The fourth-order valence-electron chi connectivity index (χ4n) is 3.50. The van der Waals surface area contributed by atoms with Gasteiger partial charge >= 0.3 is 5.63 Å². The SMILES string of the molecule is O=C(c1ccc(O)c(O)c1)C(c1ccc(O)c(O)c1)c1c(O)c2c(O)cccc2oc1=O. The molecule has 4 rings (SSSR count). The summed E-state index contributed by atoms with van der Waals surface area (Å²) in [6.07, 6.45) is 0. The van der Waals surface area contributed by atoms with E-state index < -0.39 is 57.4 Å². The van der Waals surface area contributed by atoms with Crippen LogP contribution >= 0.6 is 0 Å². The van der Waals surface area contributed by atoms with Gasteiger partial charge in [-0.05, 0) is 48.0 Å². The van der Waals surface area contributed by atoms with Gasteiger partial charge in [-0.25, -0.2) is 4.79 Å². The van der Waals surface area contributed by atoms with Crippen LogP contribution in [0.15, 0.2) is 63.8 Å². The molecule has 0 amide bonds. The fourth-order valence-corrected chi connectivity index (χ4v) is 3.50. The van der Waals surface area contributed by atoms with E-state index in [1.165, 1.54) is 30.3 Å². The Balaban J connectivity index is 2.03. The lowest BCUT2D eigenvalue weighted by molar-refractivity contribution is 0.0970. The fraction of sp³-hybridized carbons (Fsp3) is 0.0435. The molecule has 0 fully saturated rings. The first-order valence-electron chi connectivity index (χ1n) is 9.24. The van der Waals surface area contributed by atoms with Gasteiger partial charge in [0, 0.05) is 5.56 Å². The molecule has 0 saturated heterocycles. The van der Waals surface area contributed by atoms with Gasteiger partial charge in [0.05, 0.1) is 11.5 Å². The van der Waals surface area contributed by atoms with Crippen LogP contribution in [0.3, 0.4) is 0 Å². The van der Waals surface area contributed by atoms with Gasteiger partial charge in [-0.15, -0.1) is 0 Å². The van der Waals surface area contributed by atoms with E-state index in [0.717, 1.165) is 24.3 Å². The molecule has 0 aliphatic heterocycles. The van der Waals surface area contributed by atoms with Crippen LogP contribution in [0.5, 0.6) is 34.5 Å². The number of hydrogen-bond donors (Lipinski definition) is 6. The van der Waals surface area contributed by atoms with E-state index in [9.17, 15) is 40.2 Å². The van der Waals surface area contributed by atoms with Crippen molar-refractivity contribution < 1.29 is 39.9 Å². The average molecular weight is 436 g/mol. The lowest BCUT2D eigenvalue weighted by Crippen LogP contribution is -2.22. The van der Waals surface area contributed by atoms with E-state index in [0.29, 0.717) is 0 Å². The Kier molecular flexibility index (Phi) is 4.86. The molecule has 32 heavy (non-hydrogen) atoms. The van der Waals surface area contributed by atoms with Crippen LogP contribution in [0.25, 0.3) is 11.0 Å². The van der Waals surface area contributed by atoms with Gasteiger partial charge < -0.3 is 35.1 Å². The summed E-state index contributed by atoms with van der Waals surface area (Å²) in [5, 5.41) is 59.8. The number of carbonyl (C=O) groups excluding carboxylic acids is 1. The molecule has 0 saturated carbocycles. The highest BCUT2D eigenvalue weighted by atomic mass is 16.4. The Bertz CT molecular complexity index is 1440. The predicted molar refractivity (Wildman–Crippen MR) is 112 cm³/mol. The van der Waals surface area contributed by atoms with Crippen LogP contribution in [0.1, 0.15) is 27.4 Å². The Hall–Kier alpha value is -4.66. The molecule has 1 aromatic heterocycles. The molecule has 0 bridgehead atoms. The van der Waals surface area contributed by atoms with E-state index in [4.69, 9.17) is 4.42 Å². The highest BCUT2D eigenvalue weighted by Gasteiger charge is 2.33.